The van der Waals surface area contributed by atoms with Gasteiger partial charge >= 0.3 is 0 Å². The van der Waals surface area contributed by atoms with Gasteiger partial charge in [-0.3, -0.25) is 4.79 Å². The molecular weight excluding hydrogens is 449 g/mol. The second-order valence-electron chi connectivity index (χ2n) is 7.21. The summed E-state index contributed by atoms with van der Waals surface area (Å²) in [4.78, 5) is 14.8. The molecular formula is C21H23Cl2NO5S. The number of rotatable bonds is 7. The number of benzene rings is 2. The lowest BCUT2D eigenvalue weighted by atomic mass is 10.1. The summed E-state index contributed by atoms with van der Waals surface area (Å²) in [6, 6.07) is 11.7. The fraction of sp³-hybridized carbons (Fsp3) is 0.381. The average Bonchev–Trinajstić information content (AvgIpc) is 3.07. The van der Waals surface area contributed by atoms with Crippen LogP contribution in [-0.4, -0.2) is 50.0 Å². The molecule has 1 aliphatic rings. The zero-order valence-corrected chi connectivity index (χ0v) is 19.0. The molecule has 0 saturated carbocycles. The van der Waals surface area contributed by atoms with E-state index < -0.39 is 22.0 Å². The normalized spacial score (nSPS) is 18.6. The van der Waals surface area contributed by atoms with Gasteiger partial charge in [-0.1, -0.05) is 35.3 Å². The smallest absolute Gasteiger partial charge is 0.263 e. The fourth-order valence-electron chi connectivity index (χ4n) is 3.38. The molecule has 0 aromatic heterocycles. The number of sulfone groups is 1. The summed E-state index contributed by atoms with van der Waals surface area (Å²) in [5.74, 6) is 0.754. The van der Waals surface area contributed by atoms with E-state index in [1.807, 2.05) is 12.1 Å². The van der Waals surface area contributed by atoms with E-state index in [9.17, 15) is 13.2 Å². The first-order valence-corrected chi connectivity index (χ1v) is 12.0. The number of hydrogen-bond acceptors (Lipinski definition) is 5. The van der Waals surface area contributed by atoms with E-state index in [1.54, 1.807) is 43.2 Å². The van der Waals surface area contributed by atoms with Crippen molar-refractivity contribution in [3.8, 4) is 11.5 Å². The summed E-state index contributed by atoms with van der Waals surface area (Å²) in [7, 11) is -1.58. The molecule has 0 bridgehead atoms. The Kier molecular flexibility index (Phi) is 7.16. The Morgan fingerprint density at radius 3 is 2.47 bits per heavy atom. The molecule has 1 saturated heterocycles. The SMILES string of the molecule is COc1ccc(CN(C(=O)[C@H](C)Oc2ccc(Cl)cc2Cl)[C@@H]2CCS(=O)(=O)C2)cc1. The van der Waals surface area contributed by atoms with Gasteiger partial charge < -0.3 is 14.4 Å². The number of carbonyl (C=O) groups excluding carboxylic acids is 1. The van der Waals surface area contributed by atoms with Crippen LogP contribution < -0.4 is 9.47 Å². The highest BCUT2D eigenvalue weighted by atomic mass is 35.5. The van der Waals surface area contributed by atoms with Gasteiger partial charge in [0.05, 0.1) is 23.6 Å². The van der Waals surface area contributed by atoms with Gasteiger partial charge in [0.2, 0.25) is 0 Å². The average molecular weight is 472 g/mol. The van der Waals surface area contributed by atoms with Crippen molar-refractivity contribution in [1.29, 1.82) is 0 Å². The topological polar surface area (TPSA) is 72.9 Å². The first-order valence-electron chi connectivity index (χ1n) is 9.44. The lowest BCUT2D eigenvalue weighted by molar-refractivity contribution is -0.140. The van der Waals surface area contributed by atoms with E-state index in [0.717, 1.165) is 5.56 Å². The van der Waals surface area contributed by atoms with E-state index in [2.05, 4.69) is 0 Å². The lowest BCUT2D eigenvalue weighted by Crippen LogP contribution is -2.46. The molecule has 0 radical (unpaired) electrons. The molecule has 3 rings (SSSR count). The van der Waals surface area contributed by atoms with Crippen LogP contribution in [0.3, 0.4) is 0 Å². The maximum atomic E-state index is 13.3. The Hall–Kier alpha value is -1.96. The van der Waals surface area contributed by atoms with E-state index in [1.165, 1.54) is 6.07 Å². The fourth-order valence-corrected chi connectivity index (χ4v) is 5.56. The Morgan fingerprint density at radius 2 is 1.90 bits per heavy atom. The number of ether oxygens (including phenoxy) is 2. The Bertz CT molecular complexity index is 1010. The maximum absolute atomic E-state index is 13.3. The van der Waals surface area contributed by atoms with Crippen molar-refractivity contribution in [3.63, 3.8) is 0 Å². The number of halogens is 2. The first-order chi connectivity index (χ1) is 14.2. The highest BCUT2D eigenvalue weighted by molar-refractivity contribution is 7.91. The molecule has 0 N–H and O–H groups in total. The first kappa shape index (κ1) is 22.7. The Balaban J connectivity index is 1.81. The molecule has 0 spiro atoms. The third-order valence-electron chi connectivity index (χ3n) is 4.99. The van der Waals surface area contributed by atoms with Gasteiger partial charge in [-0.2, -0.15) is 0 Å². The monoisotopic (exact) mass is 471 g/mol. The van der Waals surface area contributed by atoms with Gasteiger partial charge in [0.1, 0.15) is 11.5 Å². The molecule has 1 aliphatic heterocycles. The van der Waals surface area contributed by atoms with Crippen LogP contribution in [0.2, 0.25) is 10.0 Å². The third kappa shape index (κ3) is 5.59. The van der Waals surface area contributed by atoms with Crippen molar-refractivity contribution in [1.82, 2.24) is 4.90 Å². The summed E-state index contributed by atoms with van der Waals surface area (Å²) >= 11 is 12.1. The van der Waals surface area contributed by atoms with Gasteiger partial charge in [-0.15, -0.1) is 0 Å². The molecule has 9 heteroatoms. The van der Waals surface area contributed by atoms with Crippen LogP contribution in [0.1, 0.15) is 18.9 Å². The highest BCUT2D eigenvalue weighted by Gasteiger charge is 2.36. The van der Waals surface area contributed by atoms with Crippen molar-refractivity contribution < 1.29 is 22.7 Å². The third-order valence-corrected chi connectivity index (χ3v) is 7.27. The number of hydrogen-bond donors (Lipinski definition) is 0. The highest BCUT2D eigenvalue weighted by Crippen LogP contribution is 2.29. The van der Waals surface area contributed by atoms with Crippen LogP contribution in [0.4, 0.5) is 0 Å². The minimum absolute atomic E-state index is 0.0523. The molecule has 6 nitrogen and oxygen atoms in total. The van der Waals surface area contributed by atoms with Crippen molar-refractivity contribution in [2.45, 2.75) is 32.0 Å². The zero-order valence-electron chi connectivity index (χ0n) is 16.7. The van der Waals surface area contributed by atoms with Crippen molar-refractivity contribution in [3.05, 3.63) is 58.1 Å². The van der Waals surface area contributed by atoms with E-state index in [-0.39, 0.29) is 24.0 Å². The summed E-state index contributed by atoms with van der Waals surface area (Å²) < 4.78 is 35.0. The summed E-state index contributed by atoms with van der Waals surface area (Å²) in [5, 5.41) is 0.760. The van der Waals surface area contributed by atoms with Crippen molar-refractivity contribution >= 4 is 38.9 Å². The van der Waals surface area contributed by atoms with Crippen molar-refractivity contribution in [2.24, 2.45) is 0 Å². The van der Waals surface area contributed by atoms with Crippen molar-refractivity contribution in [2.75, 3.05) is 18.6 Å². The molecule has 1 heterocycles. The van der Waals surface area contributed by atoms with Gasteiger partial charge in [-0.25, -0.2) is 8.42 Å². The second-order valence-corrected chi connectivity index (χ2v) is 10.3. The molecule has 162 valence electrons. The summed E-state index contributed by atoms with van der Waals surface area (Å²) in [5.41, 5.74) is 0.866. The number of amides is 1. The zero-order chi connectivity index (χ0) is 21.9. The molecule has 1 fully saturated rings. The summed E-state index contributed by atoms with van der Waals surface area (Å²) in [6.45, 7) is 1.89. The van der Waals surface area contributed by atoms with Gasteiger partial charge in [0.25, 0.3) is 5.91 Å². The van der Waals surface area contributed by atoms with E-state index in [0.29, 0.717) is 28.0 Å². The van der Waals surface area contributed by atoms with Gasteiger partial charge in [0, 0.05) is 17.6 Å². The molecule has 2 atom stereocenters. The van der Waals surface area contributed by atoms with Crippen LogP contribution in [0, 0.1) is 0 Å². The van der Waals surface area contributed by atoms with Crippen LogP contribution in [0.5, 0.6) is 11.5 Å². The molecule has 0 aliphatic carbocycles. The minimum Gasteiger partial charge on any atom is -0.497 e. The predicted molar refractivity (Wildman–Crippen MR) is 117 cm³/mol. The predicted octanol–water partition coefficient (Wildman–Crippen LogP) is 3.99. The molecule has 0 unspecified atom stereocenters. The van der Waals surface area contributed by atoms with Crippen LogP contribution in [0.25, 0.3) is 0 Å². The lowest BCUT2D eigenvalue weighted by Gasteiger charge is -2.31. The number of methoxy groups -OCH3 is 1. The molecule has 2 aromatic rings. The maximum Gasteiger partial charge on any atom is 0.263 e. The summed E-state index contributed by atoms with van der Waals surface area (Å²) in [6.07, 6.45) is -0.455. The molecule has 1 amide bonds. The quantitative estimate of drug-likeness (QED) is 0.610. The minimum atomic E-state index is -3.16. The molecule has 30 heavy (non-hydrogen) atoms. The standard InChI is InChI=1S/C21H23Cl2NO5S/c1-14(29-20-8-5-16(22)11-19(20)23)21(25)24(17-9-10-30(26,27)13-17)12-15-3-6-18(28-2)7-4-15/h3-8,11,14,17H,9-10,12-13H2,1-2H3/t14-,17+/m0/s1. The van der Waals surface area contributed by atoms with E-state index in [4.69, 9.17) is 32.7 Å². The molecule has 2 aromatic carbocycles. The Morgan fingerprint density at radius 1 is 1.20 bits per heavy atom. The van der Waals surface area contributed by atoms with Crippen LogP contribution in [0.15, 0.2) is 42.5 Å². The number of nitrogens with zero attached hydrogens (tertiary/aromatic N) is 1. The largest absolute Gasteiger partial charge is 0.497 e. The van der Waals surface area contributed by atoms with Crippen LogP contribution in [-0.2, 0) is 21.2 Å². The number of carbonyl (C=O) groups is 1. The van der Waals surface area contributed by atoms with Gasteiger partial charge in [0.15, 0.2) is 15.9 Å². The second kappa shape index (κ2) is 9.45. The van der Waals surface area contributed by atoms with Gasteiger partial charge in [-0.05, 0) is 49.2 Å². The van der Waals surface area contributed by atoms with E-state index >= 15 is 0 Å². The Labute approximate surface area is 186 Å². The van der Waals surface area contributed by atoms with Crippen LogP contribution >= 0.6 is 23.2 Å².